The van der Waals surface area contributed by atoms with Crippen molar-refractivity contribution in [3.8, 4) is 5.88 Å². The second-order valence-electron chi connectivity index (χ2n) is 2.98. The van der Waals surface area contributed by atoms with Crippen LogP contribution in [-0.2, 0) is 4.79 Å². The number of hydrogen-bond donors (Lipinski definition) is 1. The largest absolute Gasteiger partial charge is 0.404 e. The molecule has 72 valence electrons. The molecule has 0 aliphatic carbocycles. The van der Waals surface area contributed by atoms with E-state index in [1.807, 2.05) is 0 Å². The third-order valence-corrected chi connectivity index (χ3v) is 1.82. The Morgan fingerprint density at radius 2 is 2.50 bits per heavy atom. The van der Waals surface area contributed by atoms with E-state index in [0.717, 1.165) is 0 Å². The quantitative estimate of drug-likeness (QED) is 0.711. The molecule has 0 bridgehead atoms. The number of aromatic amines is 1. The van der Waals surface area contributed by atoms with Crippen molar-refractivity contribution in [2.24, 2.45) is 10.2 Å². The zero-order chi connectivity index (χ0) is 10.0. The van der Waals surface area contributed by atoms with Crippen LogP contribution in [-0.4, -0.2) is 21.7 Å². The Labute approximate surface area is 79.7 Å². The molecule has 1 aromatic heterocycles. The van der Waals surface area contributed by atoms with Crippen LogP contribution in [0.15, 0.2) is 34.8 Å². The number of nitrogens with zero attached hydrogens (tertiary/aromatic N) is 3. The van der Waals surface area contributed by atoms with Crippen molar-refractivity contribution in [1.29, 1.82) is 0 Å². The van der Waals surface area contributed by atoms with Crippen molar-refractivity contribution < 1.29 is 9.53 Å². The molecule has 6 heteroatoms. The number of H-pyrrole nitrogens is 1. The highest BCUT2D eigenvalue weighted by Crippen LogP contribution is 2.21. The lowest BCUT2D eigenvalue weighted by molar-refractivity contribution is -0.138. The number of esters is 1. The molecule has 2 rings (SSSR count). The molecule has 0 fully saturated rings. The maximum Gasteiger partial charge on any atom is 0.346 e. The number of azo groups is 1. The first-order valence-corrected chi connectivity index (χ1v) is 4.02. The lowest BCUT2D eigenvalue weighted by Crippen LogP contribution is -2.33. The van der Waals surface area contributed by atoms with Crippen molar-refractivity contribution in [2.45, 2.75) is 12.5 Å². The summed E-state index contributed by atoms with van der Waals surface area (Å²) in [5.41, 5.74) is -1.01. The van der Waals surface area contributed by atoms with Crippen LogP contribution in [0.5, 0.6) is 5.88 Å². The normalized spacial score (nSPS) is 24.1. The van der Waals surface area contributed by atoms with Crippen molar-refractivity contribution in [1.82, 2.24) is 10.2 Å². The molecule has 1 aliphatic heterocycles. The van der Waals surface area contributed by atoms with E-state index in [1.54, 1.807) is 25.3 Å². The van der Waals surface area contributed by atoms with E-state index in [9.17, 15) is 4.79 Å². The Kier molecular flexibility index (Phi) is 1.88. The van der Waals surface area contributed by atoms with Gasteiger partial charge in [0.25, 0.3) is 0 Å². The number of aromatic nitrogens is 2. The summed E-state index contributed by atoms with van der Waals surface area (Å²) in [7, 11) is 0. The molecule has 1 unspecified atom stereocenters. The smallest absolute Gasteiger partial charge is 0.346 e. The zero-order valence-corrected chi connectivity index (χ0v) is 7.47. The fourth-order valence-corrected chi connectivity index (χ4v) is 0.976. The van der Waals surface area contributed by atoms with Crippen molar-refractivity contribution >= 4 is 5.97 Å². The summed E-state index contributed by atoms with van der Waals surface area (Å²) < 4.78 is 4.96. The van der Waals surface area contributed by atoms with Gasteiger partial charge in [-0.25, -0.2) is 4.79 Å². The summed E-state index contributed by atoms with van der Waals surface area (Å²) in [4.78, 5) is 11.6. The van der Waals surface area contributed by atoms with Gasteiger partial charge in [0.15, 0.2) is 5.54 Å². The summed E-state index contributed by atoms with van der Waals surface area (Å²) in [5.74, 6) is -0.270. The van der Waals surface area contributed by atoms with Crippen LogP contribution in [0.3, 0.4) is 0 Å². The maximum absolute atomic E-state index is 11.6. The summed E-state index contributed by atoms with van der Waals surface area (Å²) in [6, 6.07) is 1.55. The van der Waals surface area contributed by atoms with Gasteiger partial charge in [0.1, 0.15) is 0 Å². The van der Waals surface area contributed by atoms with Gasteiger partial charge >= 0.3 is 5.97 Å². The van der Waals surface area contributed by atoms with Crippen molar-refractivity contribution in [3.05, 3.63) is 24.5 Å². The number of rotatable bonds is 2. The molecular weight excluding hydrogens is 184 g/mol. The summed E-state index contributed by atoms with van der Waals surface area (Å²) in [5, 5.41) is 13.6. The Bertz CT molecular complexity index is 381. The minimum absolute atomic E-state index is 0.228. The molecule has 1 atom stereocenters. The number of hydrogen-bond acceptors (Lipinski definition) is 5. The average Bonchev–Trinajstić information content (AvgIpc) is 2.76. The van der Waals surface area contributed by atoms with Gasteiger partial charge < -0.3 is 4.74 Å². The third kappa shape index (κ3) is 1.41. The molecule has 0 saturated heterocycles. The third-order valence-electron chi connectivity index (χ3n) is 1.82. The molecule has 0 aromatic carbocycles. The standard InChI is InChI=1S/C8H8N4O2/c1-8(3-5-10-12-8)7(13)14-6-2-4-9-11-6/h2-5H,1H3,(H,9,11). The van der Waals surface area contributed by atoms with Crippen LogP contribution in [0.4, 0.5) is 0 Å². The lowest BCUT2D eigenvalue weighted by Gasteiger charge is -2.12. The number of nitrogens with one attached hydrogen (secondary N) is 1. The van der Waals surface area contributed by atoms with Gasteiger partial charge in [0, 0.05) is 18.5 Å². The number of carbonyl (C=O) groups is 1. The molecular formula is C8H8N4O2. The van der Waals surface area contributed by atoms with Gasteiger partial charge in [0.05, 0.1) is 0 Å². The highest BCUT2D eigenvalue weighted by Gasteiger charge is 2.35. The first-order valence-electron chi connectivity index (χ1n) is 4.02. The molecule has 0 radical (unpaired) electrons. The van der Waals surface area contributed by atoms with E-state index < -0.39 is 11.5 Å². The molecule has 0 amide bonds. The molecule has 2 heterocycles. The fraction of sp³-hybridized carbons (Fsp3) is 0.250. The molecule has 14 heavy (non-hydrogen) atoms. The Morgan fingerprint density at radius 3 is 3.07 bits per heavy atom. The molecule has 1 aliphatic rings. The SMILES string of the molecule is CC1(C(=O)Oc2cc[nH]n2)C=CN=N1. The molecule has 6 nitrogen and oxygen atoms in total. The van der Waals surface area contributed by atoms with E-state index in [1.165, 1.54) is 6.20 Å². The minimum Gasteiger partial charge on any atom is -0.404 e. The van der Waals surface area contributed by atoms with Crippen molar-refractivity contribution in [2.75, 3.05) is 0 Å². The zero-order valence-electron chi connectivity index (χ0n) is 7.47. The van der Waals surface area contributed by atoms with E-state index in [4.69, 9.17) is 4.74 Å². The van der Waals surface area contributed by atoms with E-state index >= 15 is 0 Å². The second kappa shape index (κ2) is 3.06. The molecule has 0 spiro atoms. The van der Waals surface area contributed by atoms with Crippen LogP contribution in [0.25, 0.3) is 0 Å². The highest BCUT2D eigenvalue weighted by atomic mass is 16.5. The van der Waals surface area contributed by atoms with E-state index in [-0.39, 0.29) is 5.88 Å². The van der Waals surface area contributed by atoms with Gasteiger partial charge in [-0.3, -0.25) is 5.10 Å². The van der Waals surface area contributed by atoms with Crippen LogP contribution in [0.1, 0.15) is 6.92 Å². The number of ether oxygens (including phenoxy) is 1. The van der Waals surface area contributed by atoms with Gasteiger partial charge in [-0.1, -0.05) is 0 Å². The maximum atomic E-state index is 11.6. The van der Waals surface area contributed by atoms with Gasteiger partial charge in [-0.15, -0.1) is 5.10 Å². The van der Waals surface area contributed by atoms with Crippen LogP contribution in [0, 0.1) is 0 Å². The minimum atomic E-state index is -1.01. The van der Waals surface area contributed by atoms with E-state index in [0.29, 0.717) is 0 Å². The van der Waals surface area contributed by atoms with Gasteiger partial charge in [-0.05, 0) is 13.0 Å². The van der Waals surface area contributed by atoms with Crippen LogP contribution < -0.4 is 4.74 Å². The first kappa shape index (κ1) is 8.61. The van der Waals surface area contributed by atoms with Crippen molar-refractivity contribution in [3.63, 3.8) is 0 Å². The summed E-state index contributed by atoms with van der Waals surface area (Å²) >= 11 is 0. The van der Waals surface area contributed by atoms with Gasteiger partial charge in [0.2, 0.25) is 5.88 Å². The second-order valence-corrected chi connectivity index (χ2v) is 2.98. The van der Waals surface area contributed by atoms with Crippen LogP contribution >= 0.6 is 0 Å². The predicted octanol–water partition coefficient (Wildman–Crippen LogP) is 1.05. The fourth-order valence-electron chi connectivity index (χ4n) is 0.976. The molecule has 1 N–H and O–H groups in total. The Hall–Kier alpha value is -1.98. The van der Waals surface area contributed by atoms with Crippen LogP contribution in [0.2, 0.25) is 0 Å². The van der Waals surface area contributed by atoms with E-state index in [2.05, 4.69) is 20.4 Å². The summed E-state index contributed by atoms with van der Waals surface area (Å²) in [6.07, 6.45) is 4.60. The lowest BCUT2D eigenvalue weighted by atomic mass is 10.1. The number of carbonyl (C=O) groups excluding carboxylic acids is 1. The molecule has 0 saturated carbocycles. The summed E-state index contributed by atoms with van der Waals surface area (Å²) in [6.45, 7) is 1.62. The topological polar surface area (TPSA) is 79.7 Å². The predicted molar refractivity (Wildman–Crippen MR) is 46.6 cm³/mol. The molecule has 1 aromatic rings. The highest BCUT2D eigenvalue weighted by molar-refractivity contribution is 5.85. The first-order chi connectivity index (χ1) is 6.71. The average molecular weight is 192 g/mol. The monoisotopic (exact) mass is 192 g/mol. The Balaban J connectivity index is 2.10. The Morgan fingerprint density at radius 1 is 1.64 bits per heavy atom. The van der Waals surface area contributed by atoms with Gasteiger partial charge in [-0.2, -0.15) is 10.2 Å².